The van der Waals surface area contributed by atoms with Gasteiger partial charge in [-0.3, -0.25) is 0 Å². The highest BCUT2D eigenvalue weighted by molar-refractivity contribution is 5.94. The van der Waals surface area contributed by atoms with Gasteiger partial charge in [0.1, 0.15) is 0 Å². The van der Waals surface area contributed by atoms with Crippen LogP contribution < -0.4 is 0 Å². The fourth-order valence-corrected chi connectivity index (χ4v) is 2.06. The lowest BCUT2D eigenvalue weighted by atomic mass is 9.97. The van der Waals surface area contributed by atoms with Crippen molar-refractivity contribution in [1.82, 2.24) is 10.1 Å². The maximum atomic E-state index is 5.37. The fraction of sp³-hybridized carbons (Fsp3) is 0.250. The van der Waals surface area contributed by atoms with E-state index in [1.54, 1.807) is 0 Å². The normalized spacial score (nSPS) is 11.9. The summed E-state index contributed by atoms with van der Waals surface area (Å²) >= 11 is 0. The monoisotopic (exact) mass is 252 g/mol. The molecule has 0 aliphatic rings. The van der Waals surface area contributed by atoms with E-state index in [9.17, 15) is 0 Å². The minimum atomic E-state index is -0.129. The molecule has 0 aliphatic carbocycles. The first kappa shape index (κ1) is 11.9. The Morgan fingerprint density at radius 3 is 2.42 bits per heavy atom. The van der Waals surface area contributed by atoms with Gasteiger partial charge in [0.2, 0.25) is 11.7 Å². The minimum absolute atomic E-state index is 0.129. The maximum Gasteiger partial charge on any atom is 0.232 e. The summed E-state index contributed by atoms with van der Waals surface area (Å²) in [5.41, 5.74) is 0.882. The molecule has 0 bridgehead atoms. The highest BCUT2D eigenvalue weighted by Gasteiger charge is 2.22. The van der Waals surface area contributed by atoms with Crippen LogP contribution in [0.25, 0.3) is 22.2 Å². The molecule has 0 fully saturated rings. The van der Waals surface area contributed by atoms with Gasteiger partial charge in [0.15, 0.2) is 0 Å². The van der Waals surface area contributed by atoms with Crippen molar-refractivity contribution in [2.45, 2.75) is 26.2 Å². The second kappa shape index (κ2) is 4.19. The quantitative estimate of drug-likeness (QED) is 0.652. The molecule has 3 aromatic rings. The number of aromatic nitrogens is 2. The lowest BCUT2D eigenvalue weighted by Crippen LogP contribution is -2.11. The molecule has 1 aromatic heterocycles. The molecule has 0 amide bonds. The number of hydrogen-bond donors (Lipinski definition) is 0. The number of benzene rings is 2. The predicted octanol–water partition coefficient (Wildman–Crippen LogP) is 4.19. The van der Waals surface area contributed by atoms with Gasteiger partial charge >= 0.3 is 0 Å². The molecule has 0 saturated carbocycles. The van der Waals surface area contributed by atoms with Gasteiger partial charge in [-0.25, -0.2) is 0 Å². The van der Waals surface area contributed by atoms with Crippen LogP contribution in [0.3, 0.4) is 0 Å². The van der Waals surface area contributed by atoms with Gasteiger partial charge in [0.25, 0.3) is 0 Å². The smallest absolute Gasteiger partial charge is 0.232 e. The van der Waals surface area contributed by atoms with Crippen molar-refractivity contribution in [3.05, 3.63) is 48.4 Å². The largest absolute Gasteiger partial charge is 0.338 e. The Morgan fingerprint density at radius 2 is 1.68 bits per heavy atom. The highest BCUT2D eigenvalue weighted by Crippen LogP contribution is 2.28. The summed E-state index contributed by atoms with van der Waals surface area (Å²) in [6.45, 7) is 6.19. The van der Waals surface area contributed by atoms with Crippen molar-refractivity contribution >= 4 is 10.8 Å². The molecule has 0 N–H and O–H groups in total. The van der Waals surface area contributed by atoms with Gasteiger partial charge in [0.05, 0.1) is 0 Å². The van der Waals surface area contributed by atoms with Gasteiger partial charge in [-0.2, -0.15) is 4.98 Å². The first-order valence-corrected chi connectivity index (χ1v) is 6.38. The minimum Gasteiger partial charge on any atom is -0.338 e. The van der Waals surface area contributed by atoms with Crippen LogP contribution in [-0.4, -0.2) is 10.1 Å². The van der Waals surface area contributed by atoms with Crippen molar-refractivity contribution in [3.63, 3.8) is 0 Å². The summed E-state index contributed by atoms with van der Waals surface area (Å²) in [6, 6.07) is 14.4. The van der Waals surface area contributed by atoms with Crippen LogP contribution in [0, 0.1) is 0 Å². The molecule has 1 heterocycles. The molecule has 0 spiro atoms. The van der Waals surface area contributed by atoms with E-state index >= 15 is 0 Å². The molecule has 96 valence electrons. The molecule has 0 atom stereocenters. The zero-order valence-corrected chi connectivity index (χ0v) is 11.3. The van der Waals surface area contributed by atoms with E-state index in [4.69, 9.17) is 4.52 Å². The summed E-state index contributed by atoms with van der Waals surface area (Å²) in [5.74, 6) is 1.32. The third-order valence-electron chi connectivity index (χ3n) is 3.10. The fourth-order valence-electron chi connectivity index (χ4n) is 2.06. The highest BCUT2D eigenvalue weighted by atomic mass is 16.5. The van der Waals surface area contributed by atoms with Gasteiger partial charge in [-0.05, 0) is 10.8 Å². The van der Waals surface area contributed by atoms with Crippen molar-refractivity contribution in [3.8, 4) is 11.4 Å². The Labute approximate surface area is 112 Å². The molecule has 0 saturated heterocycles. The first-order valence-electron chi connectivity index (χ1n) is 6.38. The van der Waals surface area contributed by atoms with Crippen LogP contribution >= 0.6 is 0 Å². The molecule has 3 heteroatoms. The Kier molecular flexibility index (Phi) is 2.63. The predicted molar refractivity (Wildman–Crippen MR) is 75.9 cm³/mol. The summed E-state index contributed by atoms with van der Waals surface area (Å²) in [7, 11) is 0. The van der Waals surface area contributed by atoms with E-state index < -0.39 is 0 Å². The van der Waals surface area contributed by atoms with E-state index in [1.807, 2.05) is 24.3 Å². The second-order valence-electron chi connectivity index (χ2n) is 5.70. The zero-order valence-electron chi connectivity index (χ0n) is 11.3. The van der Waals surface area contributed by atoms with E-state index in [-0.39, 0.29) is 5.41 Å². The molecule has 0 radical (unpaired) electrons. The van der Waals surface area contributed by atoms with Crippen LogP contribution in [0.4, 0.5) is 0 Å². The van der Waals surface area contributed by atoms with Crippen LogP contribution in [0.1, 0.15) is 26.7 Å². The average Bonchev–Trinajstić information content (AvgIpc) is 2.87. The average molecular weight is 252 g/mol. The standard InChI is InChI=1S/C16H16N2O/c1-16(2,3)15-17-14(18-19-15)13-10-6-8-11-7-4-5-9-12(11)13/h4-10H,1-3H3. The molecular formula is C16H16N2O. The summed E-state index contributed by atoms with van der Waals surface area (Å²) in [5, 5.41) is 6.44. The zero-order chi connectivity index (χ0) is 13.5. The molecular weight excluding hydrogens is 236 g/mol. The molecule has 3 rings (SSSR count). The number of fused-ring (bicyclic) bond motifs is 1. The van der Waals surface area contributed by atoms with Crippen LogP contribution in [-0.2, 0) is 5.41 Å². The molecule has 0 unspecified atom stereocenters. The third-order valence-corrected chi connectivity index (χ3v) is 3.10. The van der Waals surface area contributed by atoms with Crippen molar-refractivity contribution in [2.24, 2.45) is 0 Å². The lowest BCUT2D eigenvalue weighted by Gasteiger charge is -2.10. The van der Waals surface area contributed by atoms with Crippen molar-refractivity contribution < 1.29 is 4.52 Å². The summed E-state index contributed by atoms with van der Waals surface area (Å²) in [6.07, 6.45) is 0. The first-order chi connectivity index (χ1) is 9.05. The number of rotatable bonds is 1. The van der Waals surface area contributed by atoms with Gasteiger partial charge in [-0.1, -0.05) is 68.4 Å². The van der Waals surface area contributed by atoms with Crippen LogP contribution in [0.15, 0.2) is 47.0 Å². The van der Waals surface area contributed by atoms with E-state index in [0.717, 1.165) is 10.9 Å². The Hall–Kier alpha value is -2.16. The van der Waals surface area contributed by atoms with Crippen LogP contribution in [0.5, 0.6) is 0 Å². The van der Waals surface area contributed by atoms with Gasteiger partial charge < -0.3 is 4.52 Å². The topological polar surface area (TPSA) is 38.9 Å². The molecule has 3 nitrogen and oxygen atoms in total. The van der Waals surface area contributed by atoms with Gasteiger partial charge in [0, 0.05) is 11.0 Å². The Balaban J connectivity index is 2.17. The number of hydrogen-bond acceptors (Lipinski definition) is 3. The van der Waals surface area contributed by atoms with Gasteiger partial charge in [-0.15, -0.1) is 0 Å². The third kappa shape index (κ3) is 2.12. The summed E-state index contributed by atoms with van der Waals surface area (Å²) < 4.78 is 5.37. The molecule has 0 aliphatic heterocycles. The second-order valence-corrected chi connectivity index (χ2v) is 5.70. The van der Waals surface area contributed by atoms with Crippen molar-refractivity contribution in [1.29, 1.82) is 0 Å². The Morgan fingerprint density at radius 1 is 0.947 bits per heavy atom. The summed E-state index contributed by atoms with van der Waals surface area (Å²) in [4.78, 5) is 4.52. The van der Waals surface area contributed by atoms with E-state index in [1.165, 1.54) is 5.39 Å². The lowest BCUT2D eigenvalue weighted by molar-refractivity contribution is 0.321. The Bertz CT molecular complexity index is 717. The van der Waals surface area contributed by atoms with E-state index in [0.29, 0.717) is 11.7 Å². The van der Waals surface area contributed by atoms with Crippen molar-refractivity contribution in [2.75, 3.05) is 0 Å². The molecule has 2 aromatic carbocycles. The maximum absolute atomic E-state index is 5.37. The SMILES string of the molecule is CC(C)(C)c1nc(-c2cccc3ccccc23)no1. The van der Waals surface area contributed by atoms with E-state index in [2.05, 4.69) is 49.1 Å². The number of nitrogens with zero attached hydrogens (tertiary/aromatic N) is 2. The van der Waals surface area contributed by atoms with Crippen LogP contribution in [0.2, 0.25) is 0 Å². The molecule has 19 heavy (non-hydrogen) atoms.